The van der Waals surface area contributed by atoms with Crippen LogP contribution in [-0.2, 0) is 4.79 Å². The van der Waals surface area contributed by atoms with Crippen LogP contribution in [-0.4, -0.2) is 17.5 Å². The van der Waals surface area contributed by atoms with Gasteiger partial charge in [-0.1, -0.05) is 35.4 Å². The van der Waals surface area contributed by atoms with E-state index in [9.17, 15) is 4.79 Å². The monoisotopic (exact) mass is 372 g/mol. The third-order valence-corrected chi connectivity index (χ3v) is 4.36. The Kier molecular flexibility index (Phi) is 4.81. The van der Waals surface area contributed by atoms with Gasteiger partial charge in [0.05, 0.1) is 0 Å². The average Bonchev–Trinajstić information content (AvgIpc) is 3.11. The molecule has 0 aliphatic rings. The van der Waals surface area contributed by atoms with E-state index in [0.29, 0.717) is 28.4 Å². The standard InChI is InChI=1S/C23H20N2O3/c1-15-3-7-17(8-4-15)23-25-20-13-18(9-12-21(20)28-23)24-22(26)14-27-19-10-5-16(2)6-11-19/h3-13H,14H2,1-2H3,(H,24,26). The number of hydrogen-bond acceptors (Lipinski definition) is 4. The van der Waals surface area contributed by atoms with Crippen LogP contribution in [0.1, 0.15) is 11.1 Å². The first kappa shape index (κ1) is 17.8. The number of fused-ring (bicyclic) bond motifs is 1. The van der Waals surface area contributed by atoms with E-state index >= 15 is 0 Å². The summed E-state index contributed by atoms with van der Waals surface area (Å²) in [6, 6.07) is 20.9. The summed E-state index contributed by atoms with van der Waals surface area (Å²) in [6.45, 7) is 3.97. The maximum Gasteiger partial charge on any atom is 0.262 e. The minimum Gasteiger partial charge on any atom is -0.484 e. The normalized spacial score (nSPS) is 10.8. The molecule has 1 N–H and O–H groups in total. The van der Waals surface area contributed by atoms with Crippen molar-refractivity contribution >= 4 is 22.7 Å². The number of aromatic nitrogens is 1. The van der Waals surface area contributed by atoms with Crippen molar-refractivity contribution < 1.29 is 13.9 Å². The maximum atomic E-state index is 12.2. The smallest absolute Gasteiger partial charge is 0.262 e. The first-order valence-corrected chi connectivity index (χ1v) is 9.04. The number of carbonyl (C=O) groups excluding carboxylic acids is 1. The highest BCUT2D eigenvalue weighted by atomic mass is 16.5. The number of ether oxygens (including phenoxy) is 1. The molecule has 0 aliphatic heterocycles. The largest absolute Gasteiger partial charge is 0.484 e. The molecule has 0 bridgehead atoms. The Bertz CT molecular complexity index is 1110. The summed E-state index contributed by atoms with van der Waals surface area (Å²) in [4.78, 5) is 16.7. The van der Waals surface area contributed by atoms with Gasteiger partial charge in [-0.3, -0.25) is 4.79 Å². The molecular formula is C23H20N2O3. The summed E-state index contributed by atoms with van der Waals surface area (Å²) in [7, 11) is 0. The van der Waals surface area contributed by atoms with Gasteiger partial charge in [0.1, 0.15) is 11.3 Å². The lowest BCUT2D eigenvalue weighted by Crippen LogP contribution is -2.20. The van der Waals surface area contributed by atoms with Gasteiger partial charge in [-0.2, -0.15) is 0 Å². The van der Waals surface area contributed by atoms with Crippen LogP contribution in [0.25, 0.3) is 22.6 Å². The summed E-state index contributed by atoms with van der Waals surface area (Å²) in [5.41, 5.74) is 5.24. The van der Waals surface area contributed by atoms with E-state index in [1.807, 2.05) is 62.4 Å². The van der Waals surface area contributed by atoms with Crippen molar-refractivity contribution in [2.24, 2.45) is 0 Å². The van der Waals surface area contributed by atoms with Gasteiger partial charge in [-0.05, 0) is 56.3 Å². The molecule has 1 aromatic heterocycles. The Morgan fingerprint density at radius 1 is 0.964 bits per heavy atom. The number of carbonyl (C=O) groups is 1. The number of hydrogen-bond donors (Lipinski definition) is 1. The summed E-state index contributed by atoms with van der Waals surface area (Å²) < 4.78 is 11.3. The number of rotatable bonds is 5. The van der Waals surface area contributed by atoms with Crippen LogP contribution >= 0.6 is 0 Å². The van der Waals surface area contributed by atoms with Crippen molar-refractivity contribution in [1.29, 1.82) is 0 Å². The van der Waals surface area contributed by atoms with Crippen molar-refractivity contribution in [3.8, 4) is 17.2 Å². The Hall–Kier alpha value is -3.60. The number of nitrogens with one attached hydrogen (secondary N) is 1. The van der Waals surface area contributed by atoms with Crippen molar-refractivity contribution in [3.05, 3.63) is 77.9 Å². The highest BCUT2D eigenvalue weighted by Crippen LogP contribution is 2.26. The van der Waals surface area contributed by atoms with Crippen molar-refractivity contribution in [2.45, 2.75) is 13.8 Å². The lowest BCUT2D eigenvalue weighted by molar-refractivity contribution is -0.118. The molecule has 3 aromatic carbocycles. The zero-order valence-corrected chi connectivity index (χ0v) is 15.7. The van der Waals surface area contributed by atoms with Crippen LogP contribution < -0.4 is 10.1 Å². The van der Waals surface area contributed by atoms with Crippen molar-refractivity contribution in [1.82, 2.24) is 4.98 Å². The molecule has 0 spiro atoms. The molecule has 5 heteroatoms. The number of anilines is 1. The molecule has 0 saturated heterocycles. The second-order valence-electron chi connectivity index (χ2n) is 6.72. The van der Waals surface area contributed by atoms with Crippen LogP contribution in [0.2, 0.25) is 0 Å². The van der Waals surface area contributed by atoms with Crippen molar-refractivity contribution in [3.63, 3.8) is 0 Å². The predicted octanol–water partition coefficient (Wildman–Crippen LogP) is 5.13. The van der Waals surface area contributed by atoms with Gasteiger partial charge in [0, 0.05) is 11.3 Å². The number of oxazole rings is 1. The molecule has 28 heavy (non-hydrogen) atoms. The molecule has 0 unspecified atom stereocenters. The second kappa shape index (κ2) is 7.56. The SMILES string of the molecule is Cc1ccc(OCC(=O)Nc2ccc3oc(-c4ccc(C)cc4)nc3c2)cc1. The van der Waals surface area contributed by atoms with Crippen LogP contribution in [0.3, 0.4) is 0 Å². The van der Waals surface area contributed by atoms with Crippen LogP contribution in [0.5, 0.6) is 5.75 Å². The Balaban J connectivity index is 1.44. The van der Waals surface area contributed by atoms with E-state index in [0.717, 1.165) is 11.1 Å². The fourth-order valence-electron chi connectivity index (χ4n) is 2.81. The zero-order valence-electron chi connectivity index (χ0n) is 15.7. The summed E-state index contributed by atoms with van der Waals surface area (Å²) >= 11 is 0. The number of amides is 1. The van der Waals surface area contributed by atoms with Gasteiger partial charge in [-0.15, -0.1) is 0 Å². The molecule has 0 radical (unpaired) electrons. The third-order valence-electron chi connectivity index (χ3n) is 4.36. The maximum absolute atomic E-state index is 12.2. The highest BCUT2D eigenvalue weighted by Gasteiger charge is 2.10. The molecule has 5 nitrogen and oxygen atoms in total. The molecule has 0 fully saturated rings. The molecule has 1 amide bonds. The second-order valence-corrected chi connectivity index (χ2v) is 6.72. The summed E-state index contributed by atoms with van der Waals surface area (Å²) in [5.74, 6) is 0.985. The van der Waals surface area contributed by atoms with Gasteiger partial charge in [0.2, 0.25) is 5.89 Å². The van der Waals surface area contributed by atoms with E-state index in [2.05, 4.69) is 10.3 Å². The molecule has 0 aliphatic carbocycles. The molecule has 0 atom stereocenters. The molecule has 4 rings (SSSR count). The molecule has 1 heterocycles. The predicted molar refractivity (Wildman–Crippen MR) is 109 cm³/mol. The quantitative estimate of drug-likeness (QED) is 0.527. The van der Waals surface area contributed by atoms with Gasteiger partial charge >= 0.3 is 0 Å². The van der Waals surface area contributed by atoms with Gasteiger partial charge in [0.15, 0.2) is 12.2 Å². The fourth-order valence-corrected chi connectivity index (χ4v) is 2.81. The molecular weight excluding hydrogens is 352 g/mol. The molecule has 140 valence electrons. The Labute approximate surface area is 163 Å². The topological polar surface area (TPSA) is 64.4 Å². The van der Waals surface area contributed by atoms with E-state index in [-0.39, 0.29) is 12.5 Å². The Morgan fingerprint density at radius 2 is 1.64 bits per heavy atom. The van der Waals surface area contributed by atoms with Gasteiger partial charge in [0.25, 0.3) is 5.91 Å². The van der Waals surface area contributed by atoms with Crippen LogP contribution in [0.4, 0.5) is 5.69 Å². The third kappa shape index (κ3) is 4.04. The zero-order chi connectivity index (χ0) is 19.5. The minimum atomic E-state index is -0.234. The fraction of sp³-hybridized carbons (Fsp3) is 0.130. The summed E-state index contributed by atoms with van der Waals surface area (Å²) in [5, 5.41) is 2.83. The average molecular weight is 372 g/mol. The number of nitrogens with zero attached hydrogens (tertiary/aromatic N) is 1. The number of benzene rings is 3. The van der Waals surface area contributed by atoms with E-state index in [4.69, 9.17) is 9.15 Å². The van der Waals surface area contributed by atoms with E-state index < -0.39 is 0 Å². The van der Waals surface area contributed by atoms with Gasteiger partial charge in [-0.25, -0.2) is 4.98 Å². The van der Waals surface area contributed by atoms with Crippen LogP contribution in [0, 0.1) is 13.8 Å². The molecule has 0 saturated carbocycles. The lowest BCUT2D eigenvalue weighted by Gasteiger charge is -2.07. The number of aryl methyl sites for hydroxylation is 2. The van der Waals surface area contributed by atoms with Crippen molar-refractivity contribution in [2.75, 3.05) is 11.9 Å². The van der Waals surface area contributed by atoms with Crippen LogP contribution in [0.15, 0.2) is 71.1 Å². The Morgan fingerprint density at radius 3 is 2.36 bits per heavy atom. The van der Waals surface area contributed by atoms with E-state index in [1.54, 1.807) is 18.2 Å². The first-order chi connectivity index (χ1) is 13.6. The highest BCUT2D eigenvalue weighted by molar-refractivity contribution is 5.94. The summed E-state index contributed by atoms with van der Waals surface area (Å²) in [6.07, 6.45) is 0. The molecule has 4 aromatic rings. The lowest BCUT2D eigenvalue weighted by atomic mass is 10.1. The van der Waals surface area contributed by atoms with E-state index in [1.165, 1.54) is 5.56 Å². The van der Waals surface area contributed by atoms with Gasteiger partial charge < -0.3 is 14.5 Å². The minimum absolute atomic E-state index is 0.0610. The first-order valence-electron chi connectivity index (χ1n) is 9.04.